The molecule has 1 unspecified atom stereocenters. The van der Waals surface area contributed by atoms with Crippen LogP contribution in [0.1, 0.15) is 19.3 Å². The highest BCUT2D eigenvalue weighted by Crippen LogP contribution is 2.21. The van der Waals surface area contributed by atoms with Crippen molar-refractivity contribution in [3.63, 3.8) is 0 Å². The second-order valence-corrected chi connectivity index (χ2v) is 5.37. The summed E-state index contributed by atoms with van der Waals surface area (Å²) in [7, 11) is 0. The molecule has 0 aromatic heterocycles. The number of carbonyl (C=O) groups is 1. The molecule has 0 spiro atoms. The molecule has 1 aromatic rings. The molecule has 1 heterocycles. The van der Waals surface area contributed by atoms with E-state index in [0.29, 0.717) is 18.0 Å². The van der Waals surface area contributed by atoms with E-state index in [1.54, 1.807) is 0 Å². The van der Waals surface area contributed by atoms with E-state index in [1.807, 2.05) is 0 Å². The first-order valence-electron chi connectivity index (χ1n) is 7.22. The molecule has 0 aliphatic carbocycles. The van der Waals surface area contributed by atoms with Crippen LogP contribution in [0.15, 0.2) is 24.3 Å². The quantitative estimate of drug-likeness (QED) is 0.848. The Labute approximate surface area is 127 Å². The zero-order valence-electron chi connectivity index (χ0n) is 12.1. The van der Waals surface area contributed by atoms with Crippen LogP contribution in [0, 0.1) is 5.92 Å². The number of amides is 1. The molecule has 2 N–H and O–H groups in total. The fourth-order valence-corrected chi connectivity index (χ4v) is 2.32. The predicted octanol–water partition coefficient (Wildman–Crippen LogP) is 2.96. The number of ether oxygens (including phenoxy) is 1. The summed E-state index contributed by atoms with van der Waals surface area (Å²) in [6, 6.07) is 5.87. The molecular formula is C15H19F3N2O2. The Morgan fingerprint density at radius 2 is 2.05 bits per heavy atom. The van der Waals surface area contributed by atoms with E-state index >= 15 is 0 Å². The van der Waals surface area contributed by atoms with E-state index in [9.17, 15) is 18.0 Å². The van der Waals surface area contributed by atoms with E-state index < -0.39 is 12.8 Å². The highest BCUT2D eigenvalue weighted by atomic mass is 19.4. The van der Waals surface area contributed by atoms with Gasteiger partial charge in [-0.2, -0.15) is 13.2 Å². The van der Waals surface area contributed by atoms with Crippen molar-refractivity contribution in [3.8, 4) is 5.75 Å². The van der Waals surface area contributed by atoms with E-state index in [1.165, 1.54) is 24.3 Å². The Morgan fingerprint density at radius 1 is 1.32 bits per heavy atom. The van der Waals surface area contributed by atoms with Gasteiger partial charge < -0.3 is 15.4 Å². The molecule has 7 heteroatoms. The topological polar surface area (TPSA) is 50.4 Å². The summed E-state index contributed by atoms with van der Waals surface area (Å²) in [6.07, 6.45) is -1.98. The number of alkyl halides is 3. The summed E-state index contributed by atoms with van der Waals surface area (Å²) in [5, 5.41) is 5.98. The Hall–Kier alpha value is -1.76. The third-order valence-corrected chi connectivity index (χ3v) is 3.48. The maximum absolute atomic E-state index is 12.0. The number of anilines is 1. The van der Waals surface area contributed by atoms with E-state index in [2.05, 4.69) is 15.4 Å². The van der Waals surface area contributed by atoms with E-state index in [4.69, 9.17) is 0 Å². The average molecular weight is 316 g/mol. The van der Waals surface area contributed by atoms with Gasteiger partial charge in [0.25, 0.3) is 0 Å². The Morgan fingerprint density at radius 3 is 2.64 bits per heavy atom. The van der Waals surface area contributed by atoms with Crippen LogP contribution in [-0.2, 0) is 4.79 Å². The van der Waals surface area contributed by atoms with Gasteiger partial charge >= 0.3 is 6.18 Å². The number of hydrogen-bond donors (Lipinski definition) is 2. The van der Waals surface area contributed by atoms with Crippen LogP contribution < -0.4 is 15.4 Å². The van der Waals surface area contributed by atoms with Crippen molar-refractivity contribution >= 4 is 11.6 Å². The second kappa shape index (κ2) is 7.49. The molecule has 0 bridgehead atoms. The first-order chi connectivity index (χ1) is 10.4. The molecule has 22 heavy (non-hydrogen) atoms. The smallest absolute Gasteiger partial charge is 0.422 e. The van der Waals surface area contributed by atoms with Crippen LogP contribution in [0.25, 0.3) is 0 Å². The van der Waals surface area contributed by atoms with Crippen LogP contribution in [0.2, 0.25) is 0 Å². The molecule has 1 fully saturated rings. The minimum absolute atomic E-state index is 0.0872. The largest absolute Gasteiger partial charge is 0.484 e. The summed E-state index contributed by atoms with van der Waals surface area (Å²) < 4.78 is 40.7. The predicted molar refractivity (Wildman–Crippen MR) is 76.8 cm³/mol. The van der Waals surface area contributed by atoms with Crippen molar-refractivity contribution in [2.75, 3.05) is 25.0 Å². The van der Waals surface area contributed by atoms with Crippen molar-refractivity contribution in [1.29, 1.82) is 0 Å². The Kier molecular flexibility index (Phi) is 5.65. The van der Waals surface area contributed by atoms with Crippen molar-refractivity contribution in [2.24, 2.45) is 5.92 Å². The maximum Gasteiger partial charge on any atom is 0.422 e. The second-order valence-electron chi connectivity index (χ2n) is 5.37. The van der Waals surface area contributed by atoms with Gasteiger partial charge in [-0.15, -0.1) is 0 Å². The van der Waals surface area contributed by atoms with Crippen LogP contribution in [0.3, 0.4) is 0 Å². The van der Waals surface area contributed by atoms with Gasteiger partial charge in [0.05, 0.1) is 0 Å². The number of hydrogen-bond acceptors (Lipinski definition) is 3. The zero-order valence-corrected chi connectivity index (χ0v) is 12.1. The summed E-state index contributed by atoms with van der Waals surface area (Å²) in [5.41, 5.74) is 0.550. The van der Waals surface area contributed by atoms with Crippen molar-refractivity contribution in [3.05, 3.63) is 24.3 Å². The molecule has 0 radical (unpaired) electrons. The molecule has 1 aliphatic heterocycles. The van der Waals surface area contributed by atoms with Gasteiger partial charge in [0.1, 0.15) is 5.75 Å². The van der Waals surface area contributed by atoms with Gasteiger partial charge in [-0.25, -0.2) is 0 Å². The van der Waals surface area contributed by atoms with Gasteiger partial charge in [0.15, 0.2) is 6.61 Å². The number of rotatable bonds is 6. The molecule has 1 atom stereocenters. The third kappa shape index (κ3) is 5.93. The third-order valence-electron chi connectivity index (χ3n) is 3.48. The molecule has 2 rings (SSSR count). The van der Waals surface area contributed by atoms with E-state index in [-0.39, 0.29) is 11.7 Å². The monoisotopic (exact) mass is 316 g/mol. The van der Waals surface area contributed by atoms with Crippen molar-refractivity contribution in [1.82, 2.24) is 5.32 Å². The standard InChI is InChI=1S/C15H19F3N2O2/c16-15(17,18)10-22-13-4-2-12(3-5-13)20-14(21)6-1-11-7-8-19-9-11/h2-5,11,19H,1,6-10H2,(H,20,21). The summed E-state index contributed by atoms with van der Waals surface area (Å²) in [4.78, 5) is 11.8. The zero-order chi connectivity index (χ0) is 16.0. The number of carbonyl (C=O) groups excluding carboxylic acids is 1. The molecular weight excluding hydrogens is 297 g/mol. The normalized spacial score (nSPS) is 18.2. The molecule has 1 aliphatic rings. The van der Waals surface area contributed by atoms with Crippen molar-refractivity contribution in [2.45, 2.75) is 25.4 Å². The molecule has 4 nitrogen and oxygen atoms in total. The summed E-state index contributed by atoms with van der Waals surface area (Å²) >= 11 is 0. The van der Waals surface area contributed by atoms with Gasteiger partial charge in [-0.1, -0.05) is 0 Å². The minimum atomic E-state index is -4.36. The van der Waals surface area contributed by atoms with Gasteiger partial charge in [-0.3, -0.25) is 4.79 Å². The Bertz CT molecular complexity index is 483. The first-order valence-corrected chi connectivity index (χ1v) is 7.22. The number of nitrogens with one attached hydrogen (secondary N) is 2. The van der Waals surface area contributed by atoms with Gasteiger partial charge in [0, 0.05) is 12.1 Å². The first kappa shape index (κ1) is 16.6. The Balaban J connectivity index is 1.74. The lowest BCUT2D eigenvalue weighted by Gasteiger charge is -2.11. The van der Waals surface area contributed by atoms with Crippen LogP contribution in [-0.4, -0.2) is 31.8 Å². The molecule has 0 saturated carbocycles. The minimum Gasteiger partial charge on any atom is -0.484 e. The van der Waals surface area contributed by atoms with Gasteiger partial charge in [0.2, 0.25) is 5.91 Å². The molecule has 122 valence electrons. The molecule has 1 aromatic carbocycles. The summed E-state index contributed by atoms with van der Waals surface area (Å²) in [6.45, 7) is 0.637. The highest BCUT2D eigenvalue weighted by molar-refractivity contribution is 5.90. The maximum atomic E-state index is 12.0. The lowest BCUT2D eigenvalue weighted by Crippen LogP contribution is -2.19. The van der Waals surface area contributed by atoms with Crippen molar-refractivity contribution < 1.29 is 22.7 Å². The van der Waals surface area contributed by atoms with Crippen LogP contribution in [0.5, 0.6) is 5.75 Å². The highest BCUT2D eigenvalue weighted by Gasteiger charge is 2.28. The van der Waals surface area contributed by atoms with Crippen LogP contribution in [0.4, 0.5) is 18.9 Å². The SMILES string of the molecule is O=C(CCC1CCNC1)Nc1ccc(OCC(F)(F)F)cc1. The van der Waals surface area contributed by atoms with Crippen LogP contribution >= 0.6 is 0 Å². The molecule has 1 saturated heterocycles. The lowest BCUT2D eigenvalue weighted by atomic mass is 10.0. The summed E-state index contributed by atoms with van der Waals surface area (Å²) in [5.74, 6) is 0.576. The lowest BCUT2D eigenvalue weighted by molar-refractivity contribution is -0.153. The van der Waals surface area contributed by atoms with Gasteiger partial charge in [-0.05, 0) is 56.1 Å². The number of benzene rings is 1. The fraction of sp³-hybridized carbons (Fsp3) is 0.533. The molecule has 1 amide bonds. The van der Waals surface area contributed by atoms with E-state index in [0.717, 1.165) is 25.9 Å². The average Bonchev–Trinajstić information content (AvgIpc) is 2.97. The fourth-order valence-electron chi connectivity index (χ4n) is 2.32. The number of halogens is 3.